The van der Waals surface area contributed by atoms with Gasteiger partial charge in [0.05, 0.1) is 0 Å². The highest BCUT2D eigenvalue weighted by molar-refractivity contribution is 7.79. The summed E-state index contributed by atoms with van der Waals surface area (Å²) in [5, 5.41) is 4.83. The van der Waals surface area contributed by atoms with Gasteiger partial charge in [-0.3, -0.25) is 0 Å². The van der Waals surface area contributed by atoms with Crippen LogP contribution in [0.25, 0.3) is 0 Å². The molecule has 1 N–H and O–H groups in total. The van der Waals surface area contributed by atoms with Gasteiger partial charge in [-0.15, -0.1) is 0 Å². The Balaban J connectivity index is 3.13. The quantitative estimate of drug-likeness (QED) is 0.740. The van der Waals surface area contributed by atoms with E-state index < -0.39 is 0 Å². The van der Waals surface area contributed by atoms with Gasteiger partial charge in [0.2, 0.25) is 0 Å². The molecule has 0 aliphatic heterocycles. The first-order valence-electron chi connectivity index (χ1n) is 4.46. The lowest BCUT2D eigenvalue weighted by Crippen LogP contribution is -1.96. The van der Waals surface area contributed by atoms with Gasteiger partial charge in [-0.1, -0.05) is 32.1 Å². The Labute approximate surface area is 85.2 Å². The predicted octanol–water partition coefficient (Wildman–Crippen LogP) is 3.20. The van der Waals surface area contributed by atoms with Crippen LogP contribution in [0.2, 0.25) is 0 Å². The minimum absolute atomic E-state index is 0.555. The molecule has 0 unspecified atom stereocenters. The fourth-order valence-electron chi connectivity index (χ4n) is 1.27. The van der Waals surface area contributed by atoms with Gasteiger partial charge >= 0.3 is 0 Å². The Morgan fingerprint density at radius 2 is 2.08 bits per heavy atom. The normalized spacial score (nSPS) is 10.2. The van der Waals surface area contributed by atoms with E-state index in [-0.39, 0.29) is 0 Å². The van der Waals surface area contributed by atoms with E-state index >= 15 is 0 Å². The van der Waals surface area contributed by atoms with E-state index in [0.717, 1.165) is 11.3 Å². The molecule has 13 heavy (non-hydrogen) atoms. The maximum absolute atomic E-state index is 4.95. The van der Waals surface area contributed by atoms with Crippen molar-refractivity contribution in [2.75, 3.05) is 12.4 Å². The van der Waals surface area contributed by atoms with Gasteiger partial charge in [-0.25, -0.2) is 0 Å². The summed E-state index contributed by atoms with van der Waals surface area (Å²) in [4.78, 5) is 0. The van der Waals surface area contributed by atoms with Crippen molar-refractivity contribution >= 4 is 23.3 Å². The standard InChI is InChI=1S/C11H15NS/c1-8(2)9-4-5-11(12-3)10(6-9)7-13/h4-8,12H,1-3H3. The molecule has 0 atom stereocenters. The van der Waals surface area contributed by atoms with Crippen LogP contribution in [0.5, 0.6) is 0 Å². The lowest BCUT2D eigenvalue weighted by molar-refractivity contribution is 0.866. The number of anilines is 1. The number of benzene rings is 1. The van der Waals surface area contributed by atoms with Crippen molar-refractivity contribution in [1.29, 1.82) is 0 Å². The fraction of sp³-hybridized carbons (Fsp3) is 0.364. The average molecular weight is 193 g/mol. The van der Waals surface area contributed by atoms with Crippen molar-refractivity contribution < 1.29 is 0 Å². The molecule has 1 aromatic carbocycles. The van der Waals surface area contributed by atoms with E-state index in [1.165, 1.54) is 5.56 Å². The highest BCUT2D eigenvalue weighted by Crippen LogP contribution is 2.20. The molecule has 0 aliphatic rings. The zero-order valence-electron chi connectivity index (χ0n) is 8.29. The summed E-state index contributed by atoms with van der Waals surface area (Å²) >= 11 is 4.95. The van der Waals surface area contributed by atoms with E-state index in [1.54, 1.807) is 5.37 Å². The minimum Gasteiger partial charge on any atom is -0.388 e. The maximum Gasteiger partial charge on any atom is 0.0419 e. The number of nitrogens with one attached hydrogen (secondary N) is 1. The van der Waals surface area contributed by atoms with Gasteiger partial charge in [0.1, 0.15) is 0 Å². The third-order valence-corrected chi connectivity index (χ3v) is 2.39. The first-order chi connectivity index (χ1) is 6.19. The SMILES string of the molecule is CNc1ccc(C(C)C)cc1C=S. The third kappa shape index (κ3) is 2.28. The van der Waals surface area contributed by atoms with E-state index in [0.29, 0.717) is 5.92 Å². The molecule has 0 spiro atoms. The zero-order chi connectivity index (χ0) is 9.84. The molecule has 0 aromatic heterocycles. The van der Waals surface area contributed by atoms with Crippen LogP contribution in [0.1, 0.15) is 30.9 Å². The second kappa shape index (κ2) is 4.38. The Kier molecular flexibility index (Phi) is 3.43. The van der Waals surface area contributed by atoms with Crippen LogP contribution in [0.15, 0.2) is 18.2 Å². The lowest BCUT2D eigenvalue weighted by Gasteiger charge is -2.09. The number of rotatable bonds is 3. The molecule has 0 saturated carbocycles. The van der Waals surface area contributed by atoms with Crippen molar-refractivity contribution in [3.63, 3.8) is 0 Å². The van der Waals surface area contributed by atoms with Crippen molar-refractivity contribution in [2.24, 2.45) is 0 Å². The molecule has 1 aromatic rings. The summed E-state index contributed by atoms with van der Waals surface area (Å²) in [6.07, 6.45) is 0. The number of hydrogen-bond donors (Lipinski definition) is 1. The Morgan fingerprint density at radius 1 is 1.38 bits per heavy atom. The van der Waals surface area contributed by atoms with Crippen LogP contribution >= 0.6 is 12.2 Å². The fourth-order valence-corrected chi connectivity index (χ4v) is 1.46. The van der Waals surface area contributed by atoms with Crippen LogP contribution in [0, 0.1) is 0 Å². The highest BCUT2D eigenvalue weighted by Gasteiger charge is 2.02. The van der Waals surface area contributed by atoms with Gasteiger partial charge in [-0.2, -0.15) is 0 Å². The van der Waals surface area contributed by atoms with Crippen molar-refractivity contribution in [2.45, 2.75) is 19.8 Å². The van der Waals surface area contributed by atoms with E-state index in [1.807, 2.05) is 7.05 Å². The molecule has 1 nitrogen and oxygen atoms in total. The van der Waals surface area contributed by atoms with Crippen LogP contribution in [-0.4, -0.2) is 12.4 Å². The molecule has 0 bridgehead atoms. The van der Waals surface area contributed by atoms with Gasteiger partial charge in [0.15, 0.2) is 0 Å². The topological polar surface area (TPSA) is 12.0 Å². The summed E-state index contributed by atoms with van der Waals surface area (Å²) in [5.74, 6) is 0.555. The molecule has 0 heterocycles. The highest BCUT2D eigenvalue weighted by atomic mass is 32.1. The monoisotopic (exact) mass is 193 g/mol. The molecule has 0 radical (unpaired) electrons. The van der Waals surface area contributed by atoms with Gasteiger partial charge in [0, 0.05) is 23.7 Å². The van der Waals surface area contributed by atoms with Crippen LogP contribution in [0.4, 0.5) is 5.69 Å². The molecule has 0 aliphatic carbocycles. The van der Waals surface area contributed by atoms with Crippen molar-refractivity contribution in [3.8, 4) is 0 Å². The smallest absolute Gasteiger partial charge is 0.0419 e. The third-order valence-electron chi connectivity index (χ3n) is 2.14. The Morgan fingerprint density at radius 3 is 2.54 bits per heavy atom. The summed E-state index contributed by atoms with van der Waals surface area (Å²) in [7, 11) is 1.91. The van der Waals surface area contributed by atoms with Crippen LogP contribution in [-0.2, 0) is 0 Å². The van der Waals surface area contributed by atoms with Gasteiger partial charge in [0.25, 0.3) is 0 Å². The first kappa shape index (κ1) is 10.2. The lowest BCUT2D eigenvalue weighted by atomic mass is 10.0. The van der Waals surface area contributed by atoms with Crippen molar-refractivity contribution in [3.05, 3.63) is 29.3 Å². The second-order valence-electron chi connectivity index (χ2n) is 3.37. The van der Waals surface area contributed by atoms with Gasteiger partial charge in [-0.05, 0) is 23.6 Å². The summed E-state index contributed by atoms with van der Waals surface area (Å²) in [6, 6.07) is 6.36. The molecule has 2 heteroatoms. The summed E-state index contributed by atoms with van der Waals surface area (Å²) in [5.41, 5.74) is 3.53. The molecule has 0 fully saturated rings. The molecule has 70 valence electrons. The molecule has 0 amide bonds. The van der Waals surface area contributed by atoms with Gasteiger partial charge < -0.3 is 5.32 Å². The number of thiocarbonyl (C=S) groups is 1. The number of hydrogen-bond acceptors (Lipinski definition) is 2. The largest absolute Gasteiger partial charge is 0.388 e. The second-order valence-corrected chi connectivity index (χ2v) is 3.60. The first-order valence-corrected chi connectivity index (χ1v) is 4.93. The molecule has 1 rings (SSSR count). The molecule has 0 saturated heterocycles. The van der Waals surface area contributed by atoms with Crippen LogP contribution in [0.3, 0.4) is 0 Å². The Bertz CT molecular complexity index is 305. The van der Waals surface area contributed by atoms with Crippen LogP contribution < -0.4 is 5.32 Å². The van der Waals surface area contributed by atoms with E-state index in [9.17, 15) is 0 Å². The van der Waals surface area contributed by atoms with E-state index in [2.05, 4.69) is 37.4 Å². The predicted molar refractivity (Wildman–Crippen MR) is 62.8 cm³/mol. The Hall–Kier alpha value is -0.890. The van der Waals surface area contributed by atoms with E-state index in [4.69, 9.17) is 12.2 Å². The summed E-state index contributed by atoms with van der Waals surface area (Å²) in [6.45, 7) is 4.36. The summed E-state index contributed by atoms with van der Waals surface area (Å²) < 4.78 is 0. The zero-order valence-corrected chi connectivity index (χ0v) is 9.11. The maximum atomic E-state index is 4.95. The molecular weight excluding hydrogens is 178 g/mol. The molecular formula is C11H15NS. The van der Waals surface area contributed by atoms with Crippen molar-refractivity contribution in [1.82, 2.24) is 0 Å². The minimum atomic E-state index is 0.555. The average Bonchev–Trinajstić information content (AvgIpc) is 2.16.